The molecule has 2 N–H and O–H groups in total. The zero-order valence-electron chi connectivity index (χ0n) is 12.7. The minimum Gasteiger partial charge on any atom is -0.464 e. The second kappa shape index (κ2) is 6.71. The van der Waals surface area contributed by atoms with Gasteiger partial charge in [0, 0.05) is 13.2 Å². The highest BCUT2D eigenvalue weighted by molar-refractivity contribution is 7.89. The van der Waals surface area contributed by atoms with E-state index in [2.05, 4.69) is 10.0 Å². The molecule has 0 fully saturated rings. The molecule has 1 rings (SSSR count). The Morgan fingerprint density at radius 1 is 1.40 bits per heavy atom. The van der Waals surface area contributed by atoms with Crippen LogP contribution in [0.15, 0.2) is 15.4 Å². The topological polar surface area (TPSA) is 80.6 Å². The van der Waals surface area contributed by atoms with Crippen LogP contribution >= 0.6 is 0 Å². The van der Waals surface area contributed by atoms with Crippen LogP contribution in [0.2, 0.25) is 0 Å². The third kappa shape index (κ3) is 4.59. The van der Waals surface area contributed by atoms with E-state index in [0.717, 1.165) is 6.54 Å². The Morgan fingerprint density at radius 2 is 2.05 bits per heavy atom. The van der Waals surface area contributed by atoms with E-state index < -0.39 is 15.6 Å². The van der Waals surface area contributed by atoms with E-state index >= 15 is 0 Å². The molecule has 7 heteroatoms. The molecule has 0 aliphatic rings. The first kappa shape index (κ1) is 17.2. The lowest BCUT2D eigenvalue weighted by Gasteiger charge is -2.24. The van der Waals surface area contributed by atoms with Crippen molar-refractivity contribution in [1.82, 2.24) is 10.0 Å². The first-order chi connectivity index (χ1) is 9.22. The summed E-state index contributed by atoms with van der Waals surface area (Å²) in [5, 5.41) is 3.10. The van der Waals surface area contributed by atoms with E-state index in [-0.39, 0.29) is 11.5 Å². The predicted octanol–water partition coefficient (Wildman–Crippen LogP) is 1.40. The molecule has 0 atom stereocenters. The van der Waals surface area contributed by atoms with Crippen LogP contribution < -0.4 is 10.0 Å². The number of methoxy groups -OCH3 is 1. The molecule has 0 aromatic carbocycles. The Bertz CT molecular complexity index is 535. The maximum absolute atomic E-state index is 12.4. The van der Waals surface area contributed by atoms with Crippen molar-refractivity contribution in [1.29, 1.82) is 0 Å². The third-order valence-electron chi connectivity index (χ3n) is 2.68. The van der Waals surface area contributed by atoms with Crippen LogP contribution in [0.1, 0.15) is 32.3 Å². The zero-order chi connectivity index (χ0) is 15.4. The summed E-state index contributed by atoms with van der Waals surface area (Å²) in [7, 11) is -2.09. The second-order valence-corrected chi connectivity index (χ2v) is 6.99. The summed E-state index contributed by atoms with van der Waals surface area (Å²) in [6.07, 6.45) is 0. The van der Waals surface area contributed by atoms with Crippen LogP contribution in [0.5, 0.6) is 0 Å². The first-order valence-electron chi connectivity index (χ1n) is 6.55. The highest BCUT2D eigenvalue weighted by Gasteiger charge is 2.29. The molecule has 1 aromatic heterocycles. The zero-order valence-corrected chi connectivity index (χ0v) is 13.6. The van der Waals surface area contributed by atoms with Gasteiger partial charge in [0.05, 0.1) is 18.7 Å². The molecule has 0 aliphatic carbocycles. The standard InChI is InChI=1S/C13H24N2O4S/c1-6-14-8-11-7-12(10(2)19-11)20(16,17)15-13(3,4)9-18-5/h7,14-15H,6,8-9H2,1-5H3. The molecule has 20 heavy (non-hydrogen) atoms. The number of furan rings is 1. The molecule has 0 aliphatic heterocycles. The largest absolute Gasteiger partial charge is 0.464 e. The van der Waals surface area contributed by atoms with E-state index in [1.807, 2.05) is 6.92 Å². The number of aryl methyl sites for hydroxylation is 1. The molecule has 116 valence electrons. The SMILES string of the molecule is CCNCc1cc(S(=O)(=O)NC(C)(C)COC)c(C)o1. The number of sulfonamides is 1. The van der Waals surface area contributed by atoms with Gasteiger partial charge in [-0.1, -0.05) is 6.92 Å². The molecular weight excluding hydrogens is 280 g/mol. The Labute approximate surface area is 120 Å². The molecule has 1 heterocycles. The predicted molar refractivity (Wildman–Crippen MR) is 77.1 cm³/mol. The minimum atomic E-state index is -3.63. The van der Waals surface area contributed by atoms with Crippen molar-refractivity contribution in [3.8, 4) is 0 Å². The van der Waals surface area contributed by atoms with Crippen LogP contribution in [0.25, 0.3) is 0 Å². The van der Waals surface area contributed by atoms with Crippen molar-refractivity contribution in [3.63, 3.8) is 0 Å². The molecule has 6 nitrogen and oxygen atoms in total. The summed E-state index contributed by atoms with van der Waals surface area (Å²) in [6.45, 7) is 8.74. The molecule has 0 radical (unpaired) electrons. The van der Waals surface area contributed by atoms with Crippen molar-refractivity contribution < 1.29 is 17.6 Å². The second-order valence-electron chi connectivity index (χ2n) is 5.34. The van der Waals surface area contributed by atoms with E-state index in [0.29, 0.717) is 18.1 Å². The minimum absolute atomic E-state index is 0.176. The molecule has 1 aromatic rings. The van der Waals surface area contributed by atoms with Gasteiger partial charge in [0.2, 0.25) is 10.0 Å². The lowest BCUT2D eigenvalue weighted by Crippen LogP contribution is -2.46. The van der Waals surface area contributed by atoms with E-state index in [4.69, 9.17) is 9.15 Å². The Morgan fingerprint density at radius 3 is 2.60 bits per heavy atom. The first-order valence-corrected chi connectivity index (χ1v) is 8.03. The van der Waals surface area contributed by atoms with Gasteiger partial charge in [-0.3, -0.25) is 0 Å². The number of hydrogen-bond donors (Lipinski definition) is 2. The smallest absolute Gasteiger partial charge is 0.244 e. The Hall–Kier alpha value is -0.890. The van der Waals surface area contributed by atoms with Crippen molar-refractivity contribution >= 4 is 10.0 Å². The molecule has 0 unspecified atom stereocenters. The van der Waals surface area contributed by atoms with Gasteiger partial charge >= 0.3 is 0 Å². The van der Waals surface area contributed by atoms with Crippen molar-refractivity contribution in [2.45, 2.75) is 44.7 Å². The average molecular weight is 304 g/mol. The quantitative estimate of drug-likeness (QED) is 0.759. The van der Waals surface area contributed by atoms with Crippen molar-refractivity contribution in [3.05, 3.63) is 17.6 Å². The van der Waals surface area contributed by atoms with E-state index in [1.54, 1.807) is 26.8 Å². The van der Waals surface area contributed by atoms with Crippen LogP contribution in [0.3, 0.4) is 0 Å². The third-order valence-corrected chi connectivity index (χ3v) is 4.48. The van der Waals surface area contributed by atoms with Crippen LogP contribution in [-0.2, 0) is 21.3 Å². The molecule has 0 saturated heterocycles. The van der Waals surface area contributed by atoms with Gasteiger partial charge in [-0.05, 0) is 27.3 Å². The number of ether oxygens (including phenoxy) is 1. The lowest BCUT2D eigenvalue weighted by atomic mass is 10.1. The molecule has 0 saturated carbocycles. The summed E-state index contributed by atoms with van der Waals surface area (Å²) < 4.78 is 37.9. The maximum Gasteiger partial charge on any atom is 0.244 e. The average Bonchev–Trinajstić information content (AvgIpc) is 2.67. The molecular formula is C13H24N2O4S. The number of rotatable bonds is 8. The number of hydrogen-bond acceptors (Lipinski definition) is 5. The van der Waals surface area contributed by atoms with Gasteiger partial charge < -0.3 is 14.5 Å². The lowest BCUT2D eigenvalue weighted by molar-refractivity contribution is 0.141. The fraction of sp³-hybridized carbons (Fsp3) is 0.692. The summed E-state index contributed by atoms with van der Waals surface area (Å²) in [5.41, 5.74) is -0.681. The van der Waals surface area contributed by atoms with Crippen molar-refractivity contribution in [2.24, 2.45) is 0 Å². The molecule has 0 bridgehead atoms. The Balaban J connectivity index is 2.95. The van der Waals surface area contributed by atoms with Crippen LogP contribution in [-0.4, -0.2) is 34.2 Å². The molecule has 0 amide bonds. The van der Waals surface area contributed by atoms with E-state index in [9.17, 15) is 8.42 Å². The van der Waals surface area contributed by atoms with Gasteiger partial charge in [-0.2, -0.15) is 0 Å². The summed E-state index contributed by atoms with van der Waals surface area (Å²) in [5.74, 6) is 0.993. The van der Waals surface area contributed by atoms with Gasteiger partial charge in [0.15, 0.2) is 0 Å². The highest BCUT2D eigenvalue weighted by atomic mass is 32.2. The fourth-order valence-electron chi connectivity index (χ4n) is 1.94. The summed E-state index contributed by atoms with van der Waals surface area (Å²) in [6, 6.07) is 1.56. The maximum atomic E-state index is 12.4. The van der Waals surface area contributed by atoms with Gasteiger partial charge in [0.1, 0.15) is 16.4 Å². The monoisotopic (exact) mass is 304 g/mol. The number of nitrogens with one attached hydrogen (secondary N) is 2. The van der Waals surface area contributed by atoms with Gasteiger partial charge in [-0.25, -0.2) is 13.1 Å². The Kier molecular flexibility index (Phi) is 5.76. The van der Waals surface area contributed by atoms with Gasteiger partial charge in [0.25, 0.3) is 0 Å². The fourth-order valence-corrected chi connectivity index (χ4v) is 3.54. The van der Waals surface area contributed by atoms with Crippen LogP contribution in [0, 0.1) is 6.92 Å². The van der Waals surface area contributed by atoms with Gasteiger partial charge in [-0.15, -0.1) is 0 Å². The molecule has 0 spiro atoms. The van der Waals surface area contributed by atoms with Crippen molar-refractivity contribution in [2.75, 3.05) is 20.3 Å². The normalized spacial score (nSPS) is 12.8. The van der Waals surface area contributed by atoms with Crippen LogP contribution in [0.4, 0.5) is 0 Å². The summed E-state index contributed by atoms with van der Waals surface area (Å²) in [4.78, 5) is 0.176. The highest BCUT2D eigenvalue weighted by Crippen LogP contribution is 2.21. The van der Waals surface area contributed by atoms with E-state index in [1.165, 1.54) is 7.11 Å². The summed E-state index contributed by atoms with van der Waals surface area (Å²) >= 11 is 0.